The number of nitro groups is 1. The van der Waals surface area contributed by atoms with Crippen LogP contribution in [0.1, 0.15) is 19.4 Å². The molecule has 1 rings (SSSR count). The van der Waals surface area contributed by atoms with Crippen molar-refractivity contribution in [3.8, 4) is 0 Å². The second kappa shape index (κ2) is 4.54. The van der Waals surface area contributed by atoms with Gasteiger partial charge in [-0.3, -0.25) is 14.9 Å². The summed E-state index contributed by atoms with van der Waals surface area (Å²) in [5.74, 6) is -0.189. The standard InChI is InChI=1S/C10H12N2O3/c1-3-8-6-9(11-7(2)13)4-5-10(8)12(14)15/h4-6H,3H2,1-2H3,(H,11,13). The molecule has 0 radical (unpaired) electrons. The maximum atomic E-state index is 10.8. The van der Waals surface area contributed by atoms with Crippen molar-refractivity contribution >= 4 is 17.3 Å². The lowest BCUT2D eigenvalue weighted by molar-refractivity contribution is -0.385. The van der Waals surface area contributed by atoms with Crippen LogP contribution in [0, 0.1) is 10.1 Å². The third-order valence-electron chi connectivity index (χ3n) is 1.98. The van der Waals surface area contributed by atoms with Crippen molar-refractivity contribution in [2.75, 3.05) is 5.32 Å². The average molecular weight is 208 g/mol. The van der Waals surface area contributed by atoms with Gasteiger partial charge in [-0.2, -0.15) is 0 Å². The normalized spacial score (nSPS) is 9.73. The first-order valence-electron chi connectivity index (χ1n) is 4.59. The zero-order valence-electron chi connectivity index (χ0n) is 8.61. The van der Waals surface area contributed by atoms with E-state index in [-0.39, 0.29) is 11.6 Å². The van der Waals surface area contributed by atoms with Crippen LogP contribution in [0.4, 0.5) is 11.4 Å². The fourth-order valence-electron chi connectivity index (χ4n) is 1.33. The van der Waals surface area contributed by atoms with E-state index in [4.69, 9.17) is 0 Å². The van der Waals surface area contributed by atoms with Gasteiger partial charge in [0.1, 0.15) is 0 Å². The van der Waals surface area contributed by atoms with E-state index in [0.29, 0.717) is 17.7 Å². The Morgan fingerprint density at radius 1 is 1.53 bits per heavy atom. The highest BCUT2D eigenvalue weighted by Gasteiger charge is 2.12. The molecule has 0 aliphatic heterocycles. The Balaban J connectivity index is 3.07. The first kappa shape index (κ1) is 11.2. The third-order valence-corrected chi connectivity index (χ3v) is 1.98. The van der Waals surface area contributed by atoms with Crippen molar-refractivity contribution in [2.45, 2.75) is 20.3 Å². The number of rotatable bonds is 3. The van der Waals surface area contributed by atoms with Gasteiger partial charge in [0.15, 0.2) is 0 Å². The van der Waals surface area contributed by atoms with Gasteiger partial charge < -0.3 is 5.32 Å². The number of benzene rings is 1. The van der Waals surface area contributed by atoms with E-state index in [9.17, 15) is 14.9 Å². The molecule has 1 aromatic carbocycles. The molecule has 80 valence electrons. The monoisotopic (exact) mass is 208 g/mol. The van der Waals surface area contributed by atoms with Gasteiger partial charge in [-0.15, -0.1) is 0 Å². The molecule has 5 nitrogen and oxygen atoms in total. The van der Waals surface area contributed by atoms with Crippen LogP contribution in [-0.2, 0) is 11.2 Å². The quantitative estimate of drug-likeness (QED) is 0.610. The Hall–Kier alpha value is -1.91. The summed E-state index contributed by atoms with van der Waals surface area (Å²) in [5, 5.41) is 13.2. The Morgan fingerprint density at radius 3 is 2.67 bits per heavy atom. The number of carbonyl (C=O) groups is 1. The molecule has 1 aromatic rings. The Labute approximate surface area is 87.3 Å². The summed E-state index contributed by atoms with van der Waals surface area (Å²) < 4.78 is 0. The fraction of sp³-hybridized carbons (Fsp3) is 0.300. The van der Waals surface area contributed by atoms with Crippen LogP contribution in [0.2, 0.25) is 0 Å². The summed E-state index contributed by atoms with van der Waals surface area (Å²) in [6.07, 6.45) is 0.559. The van der Waals surface area contributed by atoms with E-state index in [1.165, 1.54) is 19.1 Å². The number of nitrogens with one attached hydrogen (secondary N) is 1. The minimum atomic E-state index is -0.420. The van der Waals surface area contributed by atoms with Crippen LogP contribution in [0.15, 0.2) is 18.2 Å². The molecular weight excluding hydrogens is 196 g/mol. The van der Waals surface area contributed by atoms with E-state index in [0.717, 1.165) is 0 Å². The molecular formula is C10H12N2O3. The van der Waals surface area contributed by atoms with Gasteiger partial charge in [-0.05, 0) is 18.6 Å². The first-order chi connectivity index (χ1) is 7.04. The van der Waals surface area contributed by atoms with Gasteiger partial charge in [0.25, 0.3) is 5.69 Å². The van der Waals surface area contributed by atoms with Crippen molar-refractivity contribution in [3.63, 3.8) is 0 Å². The summed E-state index contributed by atoms with van der Waals surface area (Å²) in [6, 6.07) is 4.56. The zero-order valence-corrected chi connectivity index (χ0v) is 8.61. The van der Waals surface area contributed by atoms with Crippen molar-refractivity contribution in [1.82, 2.24) is 0 Å². The average Bonchev–Trinajstić information content (AvgIpc) is 2.16. The molecule has 1 amide bonds. The maximum Gasteiger partial charge on any atom is 0.272 e. The second-order valence-electron chi connectivity index (χ2n) is 3.14. The number of carbonyl (C=O) groups excluding carboxylic acids is 1. The molecule has 0 aliphatic rings. The molecule has 0 saturated carbocycles. The molecule has 0 aromatic heterocycles. The largest absolute Gasteiger partial charge is 0.326 e. The minimum Gasteiger partial charge on any atom is -0.326 e. The van der Waals surface area contributed by atoms with Crippen LogP contribution >= 0.6 is 0 Å². The molecule has 1 N–H and O–H groups in total. The number of nitrogens with zero attached hydrogens (tertiary/aromatic N) is 1. The van der Waals surface area contributed by atoms with Crippen LogP contribution < -0.4 is 5.32 Å². The van der Waals surface area contributed by atoms with Crippen molar-refractivity contribution < 1.29 is 9.72 Å². The first-order valence-corrected chi connectivity index (χ1v) is 4.59. The number of nitro benzene ring substituents is 1. The number of hydrogen-bond donors (Lipinski definition) is 1. The highest BCUT2D eigenvalue weighted by molar-refractivity contribution is 5.88. The molecule has 0 fully saturated rings. The molecule has 0 aliphatic carbocycles. The molecule has 0 heterocycles. The zero-order chi connectivity index (χ0) is 11.4. The van der Waals surface area contributed by atoms with Gasteiger partial charge in [-0.25, -0.2) is 0 Å². The van der Waals surface area contributed by atoms with Crippen molar-refractivity contribution in [3.05, 3.63) is 33.9 Å². The van der Waals surface area contributed by atoms with E-state index in [1.807, 2.05) is 6.92 Å². The lowest BCUT2D eigenvalue weighted by Gasteiger charge is -2.04. The predicted molar refractivity (Wildman–Crippen MR) is 56.8 cm³/mol. The minimum absolute atomic E-state index is 0.0894. The van der Waals surface area contributed by atoms with Gasteiger partial charge in [0.05, 0.1) is 4.92 Å². The van der Waals surface area contributed by atoms with E-state index < -0.39 is 4.92 Å². The smallest absolute Gasteiger partial charge is 0.272 e. The van der Waals surface area contributed by atoms with E-state index >= 15 is 0 Å². The van der Waals surface area contributed by atoms with E-state index in [2.05, 4.69) is 5.32 Å². The van der Waals surface area contributed by atoms with Crippen LogP contribution in [0.5, 0.6) is 0 Å². The van der Waals surface area contributed by atoms with Crippen LogP contribution in [-0.4, -0.2) is 10.8 Å². The number of aryl methyl sites for hydroxylation is 1. The summed E-state index contributed by atoms with van der Waals surface area (Å²) in [5.41, 5.74) is 1.29. The lowest BCUT2D eigenvalue weighted by atomic mass is 10.1. The topological polar surface area (TPSA) is 72.2 Å². The van der Waals surface area contributed by atoms with Crippen LogP contribution in [0.3, 0.4) is 0 Å². The Kier molecular flexibility index (Phi) is 3.38. The Morgan fingerprint density at radius 2 is 2.20 bits per heavy atom. The van der Waals surface area contributed by atoms with E-state index in [1.54, 1.807) is 6.07 Å². The summed E-state index contributed by atoms with van der Waals surface area (Å²) in [7, 11) is 0. The summed E-state index contributed by atoms with van der Waals surface area (Å²) in [6.45, 7) is 3.23. The van der Waals surface area contributed by atoms with Crippen LogP contribution in [0.25, 0.3) is 0 Å². The number of anilines is 1. The van der Waals surface area contributed by atoms with Crippen molar-refractivity contribution in [1.29, 1.82) is 0 Å². The number of hydrogen-bond acceptors (Lipinski definition) is 3. The van der Waals surface area contributed by atoms with Gasteiger partial charge in [0.2, 0.25) is 5.91 Å². The number of amides is 1. The van der Waals surface area contributed by atoms with Gasteiger partial charge in [-0.1, -0.05) is 6.92 Å². The molecule has 0 saturated heterocycles. The highest BCUT2D eigenvalue weighted by Crippen LogP contribution is 2.22. The lowest BCUT2D eigenvalue weighted by Crippen LogP contribution is -2.06. The summed E-state index contributed by atoms with van der Waals surface area (Å²) in [4.78, 5) is 21.0. The summed E-state index contributed by atoms with van der Waals surface area (Å²) >= 11 is 0. The molecule has 0 atom stereocenters. The van der Waals surface area contributed by atoms with Gasteiger partial charge in [0, 0.05) is 24.2 Å². The third kappa shape index (κ3) is 2.77. The second-order valence-corrected chi connectivity index (χ2v) is 3.14. The molecule has 15 heavy (non-hydrogen) atoms. The highest BCUT2D eigenvalue weighted by atomic mass is 16.6. The van der Waals surface area contributed by atoms with Crippen molar-refractivity contribution in [2.24, 2.45) is 0 Å². The molecule has 0 unspecified atom stereocenters. The Bertz CT molecular complexity index is 402. The SMILES string of the molecule is CCc1cc(NC(C)=O)ccc1[N+](=O)[O-]. The predicted octanol–water partition coefficient (Wildman–Crippen LogP) is 2.12. The fourth-order valence-corrected chi connectivity index (χ4v) is 1.33. The molecule has 0 bridgehead atoms. The molecule has 0 spiro atoms. The van der Waals surface area contributed by atoms with Gasteiger partial charge >= 0.3 is 0 Å². The maximum absolute atomic E-state index is 10.8. The molecule has 5 heteroatoms.